The fourth-order valence-electron chi connectivity index (χ4n) is 3.20. The third-order valence-corrected chi connectivity index (χ3v) is 4.81. The molecule has 2 aliphatic heterocycles. The van der Waals surface area contributed by atoms with Crippen LogP contribution in [0, 0.1) is 17.2 Å². The second-order valence-corrected chi connectivity index (χ2v) is 7.28. The molecule has 2 rings (SSSR count). The average Bonchev–Trinajstić information content (AvgIpc) is 2.99. The molecular weight excluding hydrogens is 337 g/mol. The van der Waals surface area contributed by atoms with E-state index in [2.05, 4.69) is 6.92 Å². The Morgan fingerprint density at radius 1 is 1.27 bits per heavy atom. The monoisotopic (exact) mass is 369 g/mol. The maximum Gasteiger partial charge on any atom is 0.319 e. The van der Waals surface area contributed by atoms with Gasteiger partial charge in [-0.3, -0.25) is 4.79 Å². The highest BCUT2D eigenvalue weighted by Gasteiger charge is 2.34. The van der Waals surface area contributed by atoms with Gasteiger partial charge >= 0.3 is 6.03 Å². The number of halogens is 1. The van der Waals surface area contributed by atoms with Crippen molar-refractivity contribution in [2.45, 2.75) is 51.2 Å². The number of carbonyl (C=O) groups is 2. The lowest BCUT2D eigenvalue weighted by Crippen LogP contribution is -2.41. The van der Waals surface area contributed by atoms with Gasteiger partial charge in [0.2, 0.25) is 5.91 Å². The molecule has 0 aromatic carbocycles. The Morgan fingerprint density at radius 3 is 2.54 bits per heavy atom. The highest BCUT2D eigenvalue weighted by atomic mass is 19.1. The molecule has 3 unspecified atom stereocenters. The third kappa shape index (κ3) is 6.79. The van der Waals surface area contributed by atoms with Crippen LogP contribution < -0.4 is 5.73 Å². The summed E-state index contributed by atoms with van der Waals surface area (Å²) in [5, 5.41) is 8.55. The molecule has 2 saturated heterocycles. The van der Waals surface area contributed by atoms with Crippen molar-refractivity contribution in [1.82, 2.24) is 14.7 Å². The molecule has 0 radical (unpaired) electrons. The van der Waals surface area contributed by atoms with Crippen molar-refractivity contribution in [3.05, 3.63) is 0 Å². The molecule has 26 heavy (non-hydrogen) atoms. The van der Waals surface area contributed by atoms with Crippen LogP contribution in [0.4, 0.5) is 9.18 Å². The summed E-state index contributed by atoms with van der Waals surface area (Å²) >= 11 is 0. The summed E-state index contributed by atoms with van der Waals surface area (Å²) in [6.07, 6.45) is 3.93. The van der Waals surface area contributed by atoms with Gasteiger partial charge in [-0.25, -0.2) is 9.18 Å². The van der Waals surface area contributed by atoms with E-state index >= 15 is 0 Å². The van der Waals surface area contributed by atoms with Gasteiger partial charge in [0.1, 0.15) is 12.2 Å². The number of hydrogen-bond donors (Lipinski definition) is 1. The van der Waals surface area contributed by atoms with Crippen molar-refractivity contribution in [3.63, 3.8) is 0 Å². The predicted molar refractivity (Wildman–Crippen MR) is 98.0 cm³/mol. The Balaban J connectivity index is 0.000000263. The lowest BCUT2D eigenvalue weighted by atomic mass is 9.98. The van der Waals surface area contributed by atoms with Crippen LogP contribution in [0.1, 0.15) is 39.0 Å². The maximum absolute atomic E-state index is 12.7. The average molecular weight is 369 g/mol. The SMILES string of the molecule is CC1CCCCN(C(=O)N(C)C)CC1.N#CC1CC(F)CN1C(=O)CN. The normalized spacial score (nSPS) is 26.1. The van der Waals surface area contributed by atoms with E-state index in [-0.39, 0.29) is 31.4 Å². The number of urea groups is 1. The smallest absolute Gasteiger partial charge is 0.319 e. The van der Waals surface area contributed by atoms with E-state index in [4.69, 9.17) is 11.0 Å². The standard InChI is InChI=1S/C11H22N2O.C7H10FN3O/c1-10-6-4-5-8-13(9-7-10)11(14)12(2)3;8-5-1-6(2-9)11(4-5)7(12)3-10/h10H,4-9H2,1-3H3;5-6H,1,3-4,10H2. The molecule has 0 spiro atoms. The first-order valence-corrected chi connectivity index (χ1v) is 9.29. The molecule has 7 nitrogen and oxygen atoms in total. The Bertz CT molecular complexity index is 508. The van der Waals surface area contributed by atoms with Gasteiger partial charge in [0.15, 0.2) is 0 Å². The van der Waals surface area contributed by atoms with Gasteiger partial charge in [-0.1, -0.05) is 19.8 Å². The van der Waals surface area contributed by atoms with Gasteiger partial charge in [-0.05, 0) is 18.8 Å². The topological polar surface area (TPSA) is 93.7 Å². The van der Waals surface area contributed by atoms with Gasteiger partial charge in [-0.15, -0.1) is 0 Å². The van der Waals surface area contributed by atoms with Gasteiger partial charge in [0.25, 0.3) is 0 Å². The van der Waals surface area contributed by atoms with Crippen molar-refractivity contribution < 1.29 is 14.0 Å². The first kappa shape index (κ1) is 22.2. The predicted octanol–water partition coefficient (Wildman–Crippen LogP) is 1.59. The van der Waals surface area contributed by atoms with Gasteiger partial charge in [0, 0.05) is 33.6 Å². The third-order valence-electron chi connectivity index (χ3n) is 4.81. The zero-order valence-corrected chi connectivity index (χ0v) is 16.2. The van der Waals surface area contributed by atoms with E-state index in [1.165, 1.54) is 17.7 Å². The summed E-state index contributed by atoms with van der Waals surface area (Å²) in [6.45, 7) is 3.99. The Hall–Kier alpha value is -1.88. The second-order valence-electron chi connectivity index (χ2n) is 7.28. The van der Waals surface area contributed by atoms with Crippen LogP contribution in [0.25, 0.3) is 0 Å². The van der Waals surface area contributed by atoms with Gasteiger partial charge in [-0.2, -0.15) is 5.26 Å². The minimum atomic E-state index is -1.08. The summed E-state index contributed by atoms with van der Waals surface area (Å²) in [6, 6.07) is 1.41. The summed E-state index contributed by atoms with van der Waals surface area (Å²) in [5.74, 6) is 0.412. The minimum Gasteiger partial charge on any atom is -0.331 e. The maximum atomic E-state index is 12.7. The zero-order chi connectivity index (χ0) is 19.7. The molecule has 2 heterocycles. The van der Waals surface area contributed by atoms with Crippen molar-refractivity contribution >= 4 is 11.9 Å². The molecule has 3 amide bonds. The van der Waals surface area contributed by atoms with Gasteiger partial charge < -0.3 is 20.4 Å². The van der Waals surface area contributed by atoms with Crippen molar-refractivity contribution in [1.29, 1.82) is 5.26 Å². The van der Waals surface area contributed by atoms with Crippen LogP contribution in [0.2, 0.25) is 0 Å². The van der Waals surface area contributed by atoms with E-state index in [0.29, 0.717) is 0 Å². The first-order chi connectivity index (χ1) is 12.3. The van der Waals surface area contributed by atoms with Crippen LogP contribution in [0.15, 0.2) is 0 Å². The molecule has 2 N–H and O–H groups in total. The number of nitrogens with two attached hydrogens (primary N) is 1. The Kier molecular flexibility index (Phi) is 9.35. The molecule has 8 heteroatoms. The Morgan fingerprint density at radius 2 is 1.96 bits per heavy atom. The summed E-state index contributed by atoms with van der Waals surface area (Å²) in [7, 11) is 3.65. The van der Waals surface area contributed by atoms with E-state index in [1.54, 1.807) is 4.90 Å². The number of rotatable bonds is 1. The quantitative estimate of drug-likeness (QED) is 0.759. The number of amides is 3. The fourth-order valence-corrected chi connectivity index (χ4v) is 3.20. The zero-order valence-electron chi connectivity index (χ0n) is 16.2. The lowest BCUT2D eigenvalue weighted by molar-refractivity contribution is -0.129. The number of carbonyl (C=O) groups excluding carboxylic acids is 2. The van der Waals surface area contributed by atoms with Gasteiger partial charge in [0.05, 0.1) is 19.2 Å². The molecule has 3 atom stereocenters. The number of alkyl halides is 1. The highest BCUT2D eigenvalue weighted by molar-refractivity contribution is 5.79. The van der Waals surface area contributed by atoms with Crippen LogP contribution in [-0.2, 0) is 4.79 Å². The largest absolute Gasteiger partial charge is 0.331 e. The fraction of sp³-hybridized carbons (Fsp3) is 0.833. The van der Waals surface area contributed by atoms with Crippen molar-refractivity contribution in [2.75, 3.05) is 40.3 Å². The van der Waals surface area contributed by atoms with Crippen molar-refractivity contribution in [3.8, 4) is 6.07 Å². The van der Waals surface area contributed by atoms with E-state index in [1.807, 2.05) is 25.1 Å². The van der Waals surface area contributed by atoms with E-state index in [9.17, 15) is 14.0 Å². The molecule has 2 fully saturated rings. The molecule has 0 aromatic rings. The van der Waals surface area contributed by atoms with Crippen LogP contribution in [0.3, 0.4) is 0 Å². The number of nitriles is 1. The Labute approximate surface area is 155 Å². The highest BCUT2D eigenvalue weighted by Crippen LogP contribution is 2.19. The summed E-state index contributed by atoms with van der Waals surface area (Å²) < 4.78 is 12.7. The number of nitrogens with zero attached hydrogens (tertiary/aromatic N) is 4. The lowest BCUT2D eigenvalue weighted by Gasteiger charge is -2.29. The van der Waals surface area contributed by atoms with Crippen LogP contribution >= 0.6 is 0 Å². The summed E-state index contributed by atoms with van der Waals surface area (Å²) in [4.78, 5) is 27.6. The molecule has 0 bridgehead atoms. The number of hydrogen-bond acceptors (Lipinski definition) is 4. The first-order valence-electron chi connectivity index (χ1n) is 9.29. The summed E-state index contributed by atoms with van der Waals surface area (Å²) in [5.41, 5.74) is 5.09. The van der Waals surface area contributed by atoms with Crippen LogP contribution in [-0.4, -0.2) is 79.1 Å². The molecular formula is C18H32FN5O2. The molecule has 148 valence electrons. The molecule has 0 aromatic heterocycles. The number of likely N-dealkylation sites (tertiary alicyclic amines) is 2. The van der Waals surface area contributed by atoms with Crippen LogP contribution in [0.5, 0.6) is 0 Å². The molecule has 0 saturated carbocycles. The molecule has 0 aliphatic carbocycles. The van der Waals surface area contributed by atoms with E-state index < -0.39 is 12.2 Å². The molecule has 2 aliphatic rings. The van der Waals surface area contributed by atoms with Crippen molar-refractivity contribution in [2.24, 2.45) is 11.7 Å². The minimum absolute atomic E-state index is 0.00819. The second kappa shape index (κ2) is 11.0. The van der Waals surface area contributed by atoms with E-state index in [0.717, 1.165) is 31.8 Å².